The van der Waals surface area contributed by atoms with Crippen molar-refractivity contribution < 1.29 is 14.7 Å². The van der Waals surface area contributed by atoms with Crippen molar-refractivity contribution in [3.63, 3.8) is 0 Å². The molecular weight excluding hydrogens is 430 g/mol. The highest BCUT2D eigenvalue weighted by atomic mass is 35.5. The molecule has 2 aromatic carbocycles. The fourth-order valence-electron chi connectivity index (χ4n) is 3.00. The highest BCUT2D eigenvalue weighted by Crippen LogP contribution is 2.27. The fraction of sp³-hybridized carbons (Fsp3) is 0.304. The number of aliphatic carboxylic acids is 1. The number of amides is 1. The van der Waals surface area contributed by atoms with Crippen LogP contribution in [0.4, 0.5) is 5.69 Å². The highest BCUT2D eigenvalue weighted by molar-refractivity contribution is 6.91. The highest BCUT2D eigenvalue weighted by Gasteiger charge is 2.24. The van der Waals surface area contributed by atoms with Crippen LogP contribution in [0, 0.1) is 0 Å². The predicted molar refractivity (Wildman–Crippen MR) is 133 cm³/mol. The van der Waals surface area contributed by atoms with Crippen molar-refractivity contribution in [1.82, 2.24) is 0 Å². The smallest absolute Gasteiger partial charge is 0.328 e. The van der Waals surface area contributed by atoms with Crippen molar-refractivity contribution in [2.75, 3.05) is 5.32 Å². The molecule has 0 aromatic heterocycles. The van der Waals surface area contributed by atoms with E-state index in [4.69, 9.17) is 16.7 Å². The van der Waals surface area contributed by atoms with Crippen molar-refractivity contribution >= 4 is 61.3 Å². The Morgan fingerprint density at radius 1 is 0.933 bits per heavy atom. The van der Waals surface area contributed by atoms with E-state index >= 15 is 0 Å². The number of allylic oxidation sites excluding steroid dienone is 1. The van der Waals surface area contributed by atoms with Crippen molar-refractivity contribution in [3.05, 3.63) is 58.6 Å². The van der Waals surface area contributed by atoms with Gasteiger partial charge in [0.05, 0.1) is 21.2 Å². The zero-order valence-electron chi connectivity index (χ0n) is 18.7. The molecule has 0 radical (unpaired) electrons. The molecule has 2 aromatic rings. The van der Waals surface area contributed by atoms with Crippen LogP contribution in [0.2, 0.25) is 44.3 Å². The lowest BCUT2D eigenvalue weighted by atomic mass is 10.1. The molecule has 0 atom stereocenters. The number of carboxylic acids is 1. The second kappa shape index (κ2) is 8.92. The Kier molecular flexibility index (Phi) is 7.17. The summed E-state index contributed by atoms with van der Waals surface area (Å²) in [6, 6.07) is 11.4. The Hall–Kier alpha value is -2.16. The van der Waals surface area contributed by atoms with Crippen LogP contribution in [0.1, 0.15) is 22.8 Å². The number of hydrogen-bond donors (Lipinski definition) is 2. The van der Waals surface area contributed by atoms with Gasteiger partial charge >= 0.3 is 5.97 Å². The van der Waals surface area contributed by atoms with Crippen LogP contribution in [0.5, 0.6) is 0 Å². The van der Waals surface area contributed by atoms with E-state index in [1.807, 2.05) is 12.1 Å². The van der Waals surface area contributed by atoms with E-state index in [0.29, 0.717) is 27.4 Å². The predicted octanol–water partition coefficient (Wildman–Crippen LogP) is 5.17. The van der Waals surface area contributed by atoms with Gasteiger partial charge in [-0.25, -0.2) is 4.79 Å². The van der Waals surface area contributed by atoms with E-state index in [9.17, 15) is 9.59 Å². The normalized spacial score (nSPS) is 12.6. The number of benzene rings is 2. The van der Waals surface area contributed by atoms with E-state index in [1.54, 1.807) is 25.1 Å². The lowest BCUT2D eigenvalue weighted by molar-refractivity contribution is -0.131. The molecule has 2 rings (SSSR count). The first kappa shape index (κ1) is 24.1. The molecule has 30 heavy (non-hydrogen) atoms. The number of nitrogens with one attached hydrogen (secondary N) is 1. The monoisotopic (exact) mass is 459 g/mol. The Bertz CT molecular complexity index is 986. The minimum absolute atomic E-state index is 0.170. The van der Waals surface area contributed by atoms with Crippen LogP contribution in [-0.2, 0) is 4.79 Å². The Morgan fingerprint density at radius 2 is 1.47 bits per heavy atom. The van der Waals surface area contributed by atoms with Crippen LogP contribution in [-0.4, -0.2) is 33.1 Å². The first-order chi connectivity index (χ1) is 13.7. The van der Waals surface area contributed by atoms with E-state index in [-0.39, 0.29) is 5.91 Å². The molecule has 2 N–H and O–H groups in total. The second-order valence-corrected chi connectivity index (χ2v) is 20.2. The van der Waals surface area contributed by atoms with Crippen LogP contribution in [0.25, 0.3) is 5.57 Å². The molecule has 4 nitrogen and oxygen atoms in total. The summed E-state index contributed by atoms with van der Waals surface area (Å²) >= 11 is 6.33. The summed E-state index contributed by atoms with van der Waals surface area (Å²) in [5, 5.41) is 14.8. The number of anilines is 1. The van der Waals surface area contributed by atoms with Crippen LogP contribution in [0.15, 0.2) is 42.5 Å². The maximum atomic E-state index is 13.0. The fourth-order valence-corrected chi connectivity index (χ4v) is 5.83. The van der Waals surface area contributed by atoms with Crippen LogP contribution < -0.4 is 15.7 Å². The lowest BCUT2D eigenvalue weighted by Crippen LogP contribution is -2.46. The van der Waals surface area contributed by atoms with E-state index in [2.05, 4.69) is 50.7 Å². The minimum Gasteiger partial charge on any atom is -0.478 e. The Labute approximate surface area is 186 Å². The molecular formula is C23H30ClNO3Si2. The molecule has 0 aliphatic rings. The maximum Gasteiger partial charge on any atom is 0.328 e. The summed E-state index contributed by atoms with van der Waals surface area (Å²) in [6.45, 7) is 15.4. The summed E-state index contributed by atoms with van der Waals surface area (Å²) in [7, 11) is -3.18. The average Bonchev–Trinajstić information content (AvgIpc) is 2.59. The first-order valence-corrected chi connectivity index (χ1v) is 17.2. The number of halogens is 1. The van der Waals surface area contributed by atoms with Gasteiger partial charge in [0, 0.05) is 17.3 Å². The Morgan fingerprint density at radius 3 is 1.90 bits per heavy atom. The molecule has 0 saturated carbocycles. The van der Waals surface area contributed by atoms with Gasteiger partial charge < -0.3 is 10.4 Å². The zero-order chi connectivity index (χ0) is 22.9. The van der Waals surface area contributed by atoms with Gasteiger partial charge in [-0.15, -0.1) is 0 Å². The minimum atomic E-state index is -1.59. The van der Waals surface area contributed by atoms with Crippen molar-refractivity contribution in [2.24, 2.45) is 0 Å². The molecule has 0 aliphatic carbocycles. The third-order valence-electron chi connectivity index (χ3n) is 4.92. The van der Waals surface area contributed by atoms with Gasteiger partial charge in [-0.05, 0) is 30.2 Å². The van der Waals surface area contributed by atoms with Gasteiger partial charge in [0.2, 0.25) is 0 Å². The summed E-state index contributed by atoms with van der Waals surface area (Å²) in [4.78, 5) is 23.9. The van der Waals surface area contributed by atoms with E-state index in [1.165, 1.54) is 10.4 Å². The largest absolute Gasteiger partial charge is 0.478 e. The van der Waals surface area contributed by atoms with Crippen molar-refractivity contribution in [2.45, 2.75) is 46.2 Å². The number of carbonyl (C=O) groups excluding carboxylic acids is 1. The standard InChI is InChI=1S/C23H30ClNO3Si2/c1-15(10-22(26)27)20-9-8-17(13-21(20)24)25-23(28)16-11-18(29(2,3)4)14-19(12-16)30(5,6)7/h8-14H,1-7H3,(H,25,28)(H,26,27). The van der Waals surface area contributed by atoms with E-state index < -0.39 is 22.1 Å². The molecule has 0 aliphatic heterocycles. The molecule has 7 heteroatoms. The quantitative estimate of drug-likeness (QED) is 0.462. The molecule has 160 valence electrons. The van der Waals surface area contributed by atoms with E-state index in [0.717, 1.165) is 6.08 Å². The number of carbonyl (C=O) groups is 2. The molecule has 0 spiro atoms. The Balaban J connectivity index is 2.38. The number of rotatable bonds is 6. The summed E-state index contributed by atoms with van der Waals surface area (Å²) in [6.07, 6.45) is 1.11. The zero-order valence-corrected chi connectivity index (χ0v) is 21.4. The van der Waals surface area contributed by atoms with Crippen LogP contribution >= 0.6 is 11.6 Å². The molecule has 0 fully saturated rings. The van der Waals surface area contributed by atoms with Gasteiger partial charge in [-0.1, -0.05) is 85.5 Å². The van der Waals surface area contributed by atoms with Gasteiger partial charge in [0.1, 0.15) is 0 Å². The first-order valence-electron chi connectivity index (χ1n) is 9.87. The molecule has 0 saturated heterocycles. The SMILES string of the molecule is CC(=CC(=O)O)c1ccc(NC(=O)c2cc([Si](C)(C)C)cc([Si](C)(C)C)c2)cc1Cl. The van der Waals surface area contributed by atoms with Gasteiger partial charge in [0.25, 0.3) is 5.91 Å². The molecule has 0 heterocycles. The van der Waals surface area contributed by atoms with Gasteiger partial charge in [-0.2, -0.15) is 0 Å². The number of carboxylic acid groups (broad SMARTS) is 1. The van der Waals surface area contributed by atoms with Crippen LogP contribution in [0.3, 0.4) is 0 Å². The van der Waals surface area contributed by atoms with Gasteiger partial charge in [-0.3, -0.25) is 4.79 Å². The molecule has 0 unspecified atom stereocenters. The van der Waals surface area contributed by atoms with Crippen molar-refractivity contribution in [1.29, 1.82) is 0 Å². The third-order valence-corrected chi connectivity index (χ3v) is 9.27. The molecule has 0 bridgehead atoms. The topological polar surface area (TPSA) is 66.4 Å². The number of hydrogen-bond acceptors (Lipinski definition) is 2. The maximum absolute atomic E-state index is 13.0. The summed E-state index contributed by atoms with van der Waals surface area (Å²) in [5.74, 6) is -1.20. The second-order valence-electron chi connectivity index (χ2n) is 9.61. The van der Waals surface area contributed by atoms with Gasteiger partial charge in [0.15, 0.2) is 0 Å². The van der Waals surface area contributed by atoms with Crippen molar-refractivity contribution in [3.8, 4) is 0 Å². The lowest BCUT2D eigenvalue weighted by Gasteiger charge is -2.24. The molecule has 1 amide bonds. The summed E-state index contributed by atoms with van der Waals surface area (Å²) in [5.41, 5.74) is 2.41. The summed E-state index contributed by atoms with van der Waals surface area (Å²) < 4.78 is 0. The average molecular weight is 460 g/mol. The third kappa shape index (κ3) is 6.17.